The number of hydrogen-bond acceptors (Lipinski definition) is 4. The topological polar surface area (TPSA) is 33.5 Å². The summed E-state index contributed by atoms with van der Waals surface area (Å²) in [5.41, 5.74) is 16.7. The summed E-state index contributed by atoms with van der Waals surface area (Å²) in [6.07, 6.45) is 2.07. The minimum atomic E-state index is -0.129. The molecule has 0 amide bonds. The molecule has 0 saturated carbocycles. The number of fused-ring (bicyclic) bond motifs is 4. The lowest BCUT2D eigenvalue weighted by Gasteiger charge is -2.29. The Kier molecular flexibility index (Phi) is 11.1. The van der Waals surface area contributed by atoms with Crippen molar-refractivity contribution in [1.29, 1.82) is 0 Å². The Morgan fingerprint density at radius 1 is 0.420 bits per heavy atom. The fourth-order valence-corrected chi connectivity index (χ4v) is 9.82. The second-order valence-corrected chi connectivity index (χ2v) is 23.1. The first-order chi connectivity index (χ1) is 32.7. The first-order valence-corrected chi connectivity index (χ1v) is 24.5. The maximum absolute atomic E-state index is 6.89. The summed E-state index contributed by atoms with van der Waals surface area (Å²) in [6, 6.07) is 59.7. The summed E-state index contributed by atoms with van der Waals surface area (Å²) in [5, 5.41) is 2.33. The van der Waals surface area contributed by atoms with Gasteiger partial charge in [-0.05, 0) is 121 Å². The highest BCUT2D eigenvalue weighted by atomic mass is 16.5. The van der Waals surface area contributed by atoms with Crippen molar-refractivity contribution in [3.63, 3.8) is 0 Å². The van der Waals surface area contributed by atoms with Crippen molar-refractivity contribution in [2.45, 2.75) is 105 Å². The smallest absolute Gasteiger partial charge is 0.137 e. The molecular formula is C64H66N4O. The van der Waals surface area contributed by atoms with Crippen molar-refractivity contribution in [3.05, 3.63) is 192 Å². The standard InChI is InChI=1S/C64H66N4O/c1-61(2,3)45-28-25-43(26-29-45)54-40-65-60(39-55(54)64(10,11)12)68-56-24-17-16-23-52(56)53-31-30-51(38-58(53)68)69-50-22-18-21-48(37-50)66-41-67(49-35-46(62(4,5)6)34-47(36-49)63(7,8)9)57-32-27-44(33-59(57)66)42-19-14-13-15-20-42/h13-40H,41H2,1-12H3. The molecule has 0 atom stereocenters. The highest BCUT2D eigenvalue weighted by Gasteiger charge is 2.31. The van der Waals surface area contributed by atoms with Crippen molar-refractivity contribution in [2.75, 3.05) is 16.5 Å². The van der Waals surface area contributed by atoms with Crippen molar-refractivity contribution in [2.24, 2.45) is 0 Å². The second-order valence-electron chi connectivity index (χ2n) is 23.1. The van der Waals surface area contributed by atoms with Gasteiger partial charge in [-0.2, -0.15) is 0 Å². The molecule has 2 aromatic heterocycles. The molecule has 0 spiro atoms. The van der Waals surface area contributed by atoms with Crippen LogP contribution in [0.2, 0.25) is 0 Å². The van der Waals surface area contributed by atoms with Crippen LogP contribution in [0.1, 0.15) is 105 Å². The Labute approximate surface area is 410 Å². The Morgan fingerprint density at radius 2 is 1.04 bits per heavy atom. The number of ether oxygens (including phenoxy) is 1. The van der Waals surface area contributed by atoms with Crippen LogP contribution in [0.4, 0.5) is 22.7 Å². The average molecular weight is 907 g/mol. The van der Waals surface area contributed by atoms with Crippen LogP contribution in [0.25, 0.3) is 49.9 Å². The Morgan fingerprint density at radius 3 is 1.72 bits per heavy atom. The van der Waals surface area contributed by atoms with Crippen molar-refractivity contribution < 1.29 is 4.74 Å². The third-order valence-corrected chi connectivity index (χ3v) is 13.9. The molecule has 0 aliphatic carbocycles. The predicted molar refractivity (Wildman–Crippen MR) is 293 cm³/mol. The molecule has 1 aliphatic rings. The zero-order valence-electron chi connectivity index (χ0n) is 42.6. The van der Waals surface area contributed by atoms with E-state index in [1.54, 1.807) is 0 Å². The van der Waals surface area contributed by atoms with Crippen LogP contribution in [0.3, 0.4) is 0 Å². The summed E-state index contributed by atoms with van der Waals surface area (Å²) < 4.78 is 9.19. The number of hydrogen-bond donors (Lipinski definition) is 0. The summed E-state index contributed by atoms with van der Waals surface area (Å²) in [6.45, 7) is 28.2. The van der Waals surface area contributed by atoms with Gasteiger partial charge in [0.05, 0.1) is 22.4 Å². The first-order valence-electron chi connectivity index (χ1n) is 24.5. The van der Waals surface area contributed by atoms with E-state index >= 15 is 0 Å². The molecule has 0 saturated heterocycles. The van der Waals surface area contributed by atoms with Crippen LogP contribution in [-0.4, -0.2) is 16.2 Å². The normalized spacial score (nSPS) is 13.4. The largest absolute Gasteiger partial charge is 0.457 e. The van der Waals surface area contributed by atoms with Gasteiger partial charge < -0.3 is 14.5 Å². The van der Waals surface area contributed by atoms with Gasteiger partial charge in [0, 0.05) is 46.0 Å². The number of rotatable bonds is 7. The molecule has 10 rings (SSSR count). The fourth-order valence-electron chi connectivity index (χ4n) is 9.82. The van der Waals surface area contributed by atoms with Gasteiger partial charge in [-0.15, -0.1) is 0 Å². The van der Waals surface area contributed by atoms with Crippen LogP contribution < -0.4 is 14.5 Å². The highest BCUT2D eigenvalue weighted by molar-refractivity contribution is 6.09. The lowest BCUT2D eigenvalue weighted by Crippen LogP contribution is -2.25. The summed E-state index contributed by atoms with van der Waals surface area (Å²) in [4.78, 5) is 10.1. The molecule has 0 unspecified atom stereocenters. The van der Waals surface area contributed by atoms with E-state index in [2.05, 4.69) is 267 Å². The average Bonchev–Trinajstić information content (AvgIpc) is 3.86. The van der Waals surface area contributed by atoms with Crippen molar-refractivity contribution in [3.8, 4) is 39.6 Å². The number of benzene rings is 7. The quantitative estimate of drug-likeness (QED) is 0.160. The molecule has 348 valence electrons. The van der Waals surface area contributed by atoms with E-state index in [1.807, 2.05) is 0 Å². The maximum atomic E-state index is 6.89. The van der Waals surface area contributed by atoms with Crippen LogP contribution in [0.5, 0.6) is 11.5 Å². The zero-order chi connectivity index (χ0) is 48.6. The SMILES string of the molecule is CC(C)(C)c1ccc(-c2cnc(-n3c4ccccc4c4ccc(Oc5cccc(N6CN(c7cc(C(C)(C)C)cc(C(C)(C)C)c7)c7ccc(-c8ccccc8)cc76)c5)cc43)cc2C(C)(C)C)cc1. The van der Waals surface area contributed by atoms with E-state index in [0.717, 1.165) is 50.7 Å². The van der Waals surface area contributed by atoms with Gasteiger partial charge in [0.15, 0.2) is 0 Å². The summed E-state index contributed by atoms with van der Waals surface area (Å²) in [7, 11) is 0. The minimum Gasteiger partial charge on any atom is -0.457 e. The molecule has 9 aromatic rings. The van der Waals surface area contributed by atoms with Gasteiger partial charge in [0.25, 0.3) is 0 Å². The molecule has 0 radical (unpaired) electrons. The van der Waals surface area contributed by atoms with E-state index in [-0.39, 0.29) is 21.7 Å². The van der Waals surface area contributed by atoms with E-state index in [1.165, 1.54) is 55.7 Å². The summed E-state index contributed by atoms with van der Waals surface area (Å²) >= 11 is 0. The molecule has 0 N–H and O–H groups in total. The van der Waals surface area contributed by atoms with E-state index in [4.69, 9.17) is 9.72 Å². The Hall–Kier alpha value is -7.11. The lowest BCUT2D eigenvalue weighted by atomic mass is 9.80. The van der Waals surface area contributed by atoms with Crippen molar-refractivity contribution in [1.82, 2.24) is 9.55 Å². The number of anilines is 4. The van der Waals surface area contributed by atoms with Crippen LogP contribution in [0, 0.1) is 0 Å². The van der Waals surface area contributed by atoms with Crippen molar-refractivity contribution >= 4 is 44.6 Å². The first kappa shape index (κ1) is 45.7. The lowest BCUT2D eigenvalue weighted by molar-refractivity contribution is 0.483. The van der Waals surface area contributed by atoms with Gasteiger partial charge in [0.1, 0.15) is 24.0 Å². The van der Waals surface area contributed by atoms with Crippen LogP contribution in [0.15, 0.2) is 170 Å². The van der Waals surface area contributed by atoms with Crippen LogP contribution in [-0.2, 0) is 21.7 Å². The predicted octanol–water partition coefficient (Wildman–Crippen LogP) is 17.7. The molecule has 7 aromatic carbocycles. The summed E-state index contributed by atoms with van der Waals surface area (Å²) in [5.74, 6) is 2.42. The van der Waals surface area contributed by atoms with Gasteiger partial charge in [0.2, 0.25) is 0 Å². The van der Waals surface area contributed by atoms with E-state index < -0.39 is 0 Å². The second kappa shape index (κ2) is 16.8. The number of aromatic nitrogens is 2. The zero-order valence-corrected chi connectivity index (χ0v) is 42.6. The van der Waals surface area contributed by atoms with E-state index in [0.29, 0.717) is 6.67 Å². The number of pyridine rings is 1. The monoisotopic (exact) mass is 907 g/mol. The Balaban J connectivity index is 1.04. The molecular weight excluding hydrogens is 841 g/mol. The third kappa shape index (κ3) is 8.80. The van der Waals surface area contributed by atoms with E-state index in [9.17, 15) is 0 Å². The Bertz CT molecular complexity index is 3340. The fraction of sp³-hybridized carbons (Fsp3) is 0.266. The molecule has 0 fully saturated rings. The molecule has 5 heteroatoms. The molecule has 69 heavy (non-hydrogen) atoms. The molecule has 5 nitrogen and oxygen atoms in total. The third-order valence-electron chi connectivity index (χ3n) is 13.9. The molecule has 0 bridgehead atoms. The van der Waals surface area contributed by atoms with Gasteiger partial charge in [-0.3, -0.25) is 4.57 Å². The highest BCUT2D eigenvalue weighted by Crippen LogP contribution is 2.48. The minimum absolute atomic E-state index is 0.00561. The molecule has 1 aliphatic heterocycles. The van der Waals surface area contributed by atoms with Gasteiger partial charge in [-0.25, -0.2) is 4.98 Å². The van der Waals surface area contributed by atoms with Gasteiger partial charge in [-0.1, -0.05) is 174 Å². The molecule has 3 heterocycles. The maximum Gasteiger partial charge on any atom is 0.137 e. The van der Waals surface area contributed by atoms with Gasteiger partial charge >= 0.3 is 0 Å². The van der Waals surface area contributed by atoms with Crippen LogP contribution >= 0.6 is 0 Å². The number of para-hydroxylation sites is 1. The number of nitrogens with zero attached hydrogens (tertiary/aromatic N) is 4.